The van der Waals surface area contributed by atoms with E-state index in [2.05, 4.69) is 10.3 Å². The lowest BCUT2D eigenvalue weighted by Gasteiger charge is -2.14. The van der Waals surface area contributed by atoms with Crippen LogP contribution in [-0.2, 0) is 11.3 Å². The van der Waals surface area contributed by atoms with E-state index in [0.29, 0.717) is 6.54 Å². The summed E-state index contributed by atoms with van der Waals surface area (Å²) in [5, 5.41) is 14.1. The number of aromatic nitrogens is 1. The number of rotatable bonds is 6. The van der Waals surface area contributed by atoms with Crippen molar-refractivity contribution in [2.45, 2.75) is 19.0 Å². The Labute approximate surface area is 107 Å². The molecule has 1 unspecified atom stereocenters. The Bertz CT molecular complexity index is 454. The molecule has 0 aliphatic heterocycles. The number of nitrogens with one attached hydrogen (secondary N) is 1. The van der Waals surface area contributed by atoms with Crippen molar-refractivity contribution < 1.29 is 9.90 Å². The van der Waals surface area contributed by atoms with Gasteiger partial charge in [0.1, 0.15) is 0 Å². The van der Waals surface area contributed by atoms with Gasteiger partial charge in [-0.25, -0.2) is 0 Å². The quantitative estimate of drug-likeness (QED) is 0.845. The Balaban J connectivity index is 1.98. The van der Waals surface area contributed by atoms with Gasteiger partial charge in [-0.05, 0) is 11.4 Å². The molecule has 0 amide bonds. The number of hydrogen-bond acceptors (Lipinski definition) is 5. The summed E-state index contributed by atoms with van der Waals surface area (Å²) in [5.74, 6) is -0.791. The van der Waals surface area contributed by atoms with E-state index in [-0.39, 0.29) is 12.5 Å². The highest BCUT2D eigenvalue weighted by Crippen LogP contribution is 2.22. The summed E-state index contributed by atoms with van der Waals surface area (Å²) in [6.07, 6.45) is 1.89. The second-order valence-corrected chi connectivity index (χ2v) is 5.46. The molecule has 4 nitrogen and oxygen atoms in total. The fourth-order valence-corrected chi connectivity index (χ4v) is 2.84. The molecule has 0 aliphatic carbocycles. The van der Waals surface area contributed by atoms with Crippen LogP contribution >= 0.6 is 22.7 Å². The van der Waals surface area contributed by atoms with Crippen molar-refractivity contribution in [2.75, 3.05) is 0 Å². The first-order chi connectivity index (χ1) is 8.25. The molecule has 0 saturated heterocycles. The molecule has 90 valence electrons. The fourth-order valence-electron chi connectivity index (χ4n) is 1.49. The molecule has 0 aliphatic rings. The van der Waals surface area contributed by atoms with Gasteiger partial charge in [0.05, 0.1) is 18.0 Å². The molecule has 2 aromatic rings. The van der Waals surface area contributed by atoms with Gasteiger partial charge in [-0.15, -0.1) is 22.7 Å². The minimum absolute atomic E-state index is 0.0965. The van der Waals surface area contributed by atoms with Gasteiger partial charge in [-0.3, -0.25) is 9.78 Å². The molecule has 0 radical (unpaired) electrons. The minimum atomic E-state index is -0.791. The van der Waals surface area contributed by atoms with Gasteiger partial charge in [0, 0.05) is 22.5 Å². The molecule has 6 heteroatoms. The molecule has 0 saturated carbocycles. The molecule has 0 spiro atoms. The maximum Gasteiger partial charge on any atom is 0.305 e. The lowest BCUT2D eigenvalue weighted by Crippen LogP contribution is -2.22. The molecule has 2 rings (SSSR count). The van der Waals surface area contributed by atoms with Crippen LogP contribution in [-0.4, -0.2) is 16.1 Å². The number of thiophene rings is 1. The lowest BCUT2D eigenvalue weighted by molar-refractivity contribution is -0.137. The number of nitrogens with zero attached hydrogens (tertiary/aromatic N) is 1. The Morgan fingerprint density at radius 1 is 1.53 bits per heavy atom. The standard InChI is InChI=1S/C11H12N2O2S2/c14-11(15)4-9(10-2-1-3-16-10)13-6-8-5-12-7-17-8/h1-3,5,7,9,13H,4,6H2,(H,14,15). The van der Waals surface area contributed by atoms with E-state index in [1.165, 1.54) is 0 Å². The highest BCUT2D eigenvalue weighted by Gasteiger charge is 2.16. The molecule has 2 aromatic heterocycles. The molecule has 2 heterocycles. The zero-order chi connectivity index (χ0) is 12.1. The predicted octanol–water partition coefficient (Wildman–Crippen LogP) is 2.51. The first-order valence-corrected chi connectivity index (χ1v) is 6.87. The van der Waals surface area contributed by atoms with Crippen molar-refractivity contribution in [2.24, 2.45) is 0 Å². The summed E-state index contributed by atoms with van der Waals surface area (Å²) < 4.78 is 0. The van der Waals surface area contributed by atoms with Gasteiger partial charge in [-0.2, -0.15) is 0 Å². The lowest BCUT2D eigenvalue weighted by atomic mass is 10.1. The Hall–Kier alpha value is -1.24. The SMILES string of the molecule is O=C(O)CC(NCc1cncs1)c1cccs1. The van der Waals surface area contributed by atoms with Crippen LogP contribution in [0.3, 0.4) is 0 Å². The third-order valence-corrected chi connectivity index (χ3v) is 4.04. The smallest absolute Gasteiger partial charge is 0.305 e. The average Bonchev–Trinajstić information content (AvgIpc) is 2.96. The number of carboxylic acid groups (broad SMARTS) is 1. The number of hydrogen-bond donors (Lipinski definition) is 2. The summed E-state index contributed by atoms with van der Waals surface area (Å²) in [6, 6.07) is 3.76. The van der Waals surface area contributed by atoms with E-state index < -0.39 is 5.97 Å². The van der Waals surface area contributed by atoms with Crippen molar-refractivity contribution >= 4 is 28.6 Å². The van der Waals surface area contributed by atoms with Gasteiger partial charge in [0.25, 0.3) is 0 Å². The van der Waals surface area contributed by atoms with Gasteiger partial charge in [-0.1, -0.05) is 6.07 Å². The van der Waals surface area contributed by atoms with Crippen molar-refractivity contribution in [1.82, 2.24) is 10.3 Å². The highest BCUT2D eigenvalue weighted by atomic mass is 32.1. The van der Waals surface area contributed by atoms with Crippen LogP contribution in [0.2, 0.25) is 0 Å². The van der Waals surface area contributed by atoms with Crippen LogP contribution in [0.15, 0.2) is 29.2 Å². The summed E-state index contributed by atoms with van der Waals surface area (Å²) in [6.45, 7) is 0.653. The Morgan fingerprint density at radius 3 is 3.00 bits per heavy atom. The number of carboxylic acids is 1. The first-order valence-electron chi connectivity index (χ1n) is 5.11. The van der Waals surface area contributed by atoms with Crippen LogP contribution in [0, 0.1) is 0 Å². The third kappa shape index (κ3) is 3.62. The first kappa shape index (κ1) is 12.2. The van der Waals surface area contributed by atoms with Crippen molar-refractivity contribution in [3.05, 3.63) is 39.0 Å². The van der Waals surface area contributed by atoms with E-state index in [0.717, 1.165) is 9.75 Å². The molecule has 17 heavy (non-hydrogen) atoms. The monoisotopic (exact) mass is 268 g/mol. The largest absolute Gasteiger partial charge is 0.481 e. The second kappa shape index (κ2) is 5.90. The molecule has 0 aromatic carbocycles. The van der Waals surface area contributed by atoms with E-state index in [9.17, 15) is 4.79 Å². The minimum Gasteiger partial charge on any atom is -0.481 e. The Kier molecular flexibility index (Phi) is 4.24. The van der Waals surface area contributed by atoms with Crippen molar-refractivity contribution in [3.8, 4) is 0 Å². The summed E-state index contributed by atoms with van der Waals surface area (Å²) in [7, 11) is 0. The number of aliphatic carboxylic acids is 1. The van der Waals surface area contributed by atoms with Crippen LogP contribution in [0.5, 0.6) is 0 Å². The number of thiazole rings is 1. The molecule has 2 N–H and O–H groups in total. The van der Waals surface area contributed by atoms with E-state index >= 15 is 0 Å². The zero-order valence-electron chi connectivity index (χ0n) is 9.00. The topological polar surface area (TPSA) is 62.2 Å². The van der Waals surface area contributed by atoms with Crippen LogP contribution in [0.25, 0.3) is 0 Å². The molecule has 0 bridgehead atoms. The second-order valence-electron chi connectivity index (χ2n) is 3.51. The average molecular weight is 268 g/mol. The van der Waals surface area contributed by atoms with Crippen molar-refractivity contribution in [3.63, 3.8) is 0 Å². The molecular weight excluding hydrogens is 256 g/mol. The van der Waals surface area contributed by atoms with E-state index in [1.807, 2.05) is 17.5 Å². The van der Waals surface area contributed by atoms with Gasteiger partial charge < -0.3 is 10.4 Å². The van der Waals surface area contributed by atoms with Gasteiger partial charge >= 0.3 is 5.97 Å². The van der Waals surface area contributed by atoms with Crippen LogP contribution < -0.4 is 5.32 Å². The molecule has 1 atom stereocenters. The third-order valence-electron chi connectivity index (χ3n) is 2.27. The van der Waals surface area contributed by atoms with Gasteiger partial charge in [0.15, 0.2) is 0 Å². The normalized spacial score (nSPS) is 12.5. The zero-order valence-corrected chi connectivity index (χ0v) is 10.6. The molecular formula is C11H12N2O2S2. The summed E-state index contributed by atoms with van der Waals surface area (Å²) in [4.78, 5) is 17.0. The maximum atomic E-state index is 10.8. The Morgan fingerprint density at radius 2 is 2.41 bits per heavy atom. The fraction of sp³-hybridized carbons (Fsp3) is 0.273. The molecule has 0 fully saturated rings. The number of carbonyl (C=O) groups is 1. The van der Waals surface area contributed by atoms with Crippen molar-refractivity contribution in [1.29, 1.82) is 0 Å². The van der Waals surface area contributed by atoms with Gasteiger partial charge in [0.2, 0.25) is 0 Å². The maximum absolute atomic E-state index is 10.8. The summed E-state index contributed by atoms with van der Waals surface area (Å²) >= 11 is 3.14. The van der Waals surface area contributed by atoms with E-state index in [4.69, 9.17) is 5.11 Å². The van der Waals surface area contributed by atoms with Crippen LogP contribution in [0.4, 0.5) is 0 Å². The van der Waals surface area contributed by atoms with E-state index in [1.54, 1.807) is 34.4 Å². The predicted molar refractivity (Wildman–Crippen MR) is 68.3 cm³/mol. The summed E-state index contributed by atoms with van der Waals surface area (Å²) in [5.41, 5.74) is 1.77. The van der Waals surface area contributed by atoms with Crippen LogP contribution in [0.1, 0.15) is 22.2 Å². The highest BCUT2D eigenvalue weighted by molar-refractivity contribution is 7.10.